The van der Waals surface area contributed by atoms with Crippen LogP contribution in [0.15, 0.2) is 0 Å². The first kappa shape index (κ1) is 12.9. The van der Waals surface area contributed by atoms with Crippen LogP contribution in [0.2, 0.25) is 0 Å². The fraction of sp³-hybridized carbons (Fsp3) is 0.929. The molecule has 0 aromatic rings. The summed E-state index contributed by atoms with van der Waals surface area (Å²) in [5.74, 6) is 1.67. The molecule has 2 fully saturated rings. The highest BCUT2D eigenvalue weighted by atomic mass is 16.2. The van der Waals surface area contributed by atoms with E-state index < -0.39 is 0 Å². The molecule has 4 unspecified atom stereocenters. The molecule has 0 radical (unpaired) electrons. The SMILES string of the molecule is CC1CCNC(C(=O)N2CCCC(C)C2C)C1. The molecule has 0 aromatic carbocycles. The standard InChI is InChI=1S/C14H26N2O/c1-10-6-7-15-13(9-10)14(17)16-8-4-5-11(2)12(16)3/h10-13,15H,4-9H2,1-3H3. The van der Waals surface area contributed by atoms with Gasteiger partial charge in [0, 0.05) is 12.6 Å². The van der Waals surface area contributed by atoms with Crippen LogP contribution in [0.1, 0.15) is 46.5 Å². The third-order valence-electron chi connectivity index (χ3n) is 4.62. The van der Waals surface area contributed by atoms with Crippen LogP contribution in [-0.4, -0.2) is 36.0 Å². The first-order valence-electron chi connectivity index (χ1n) is 7.13. The van der Waals surface area contributed by atoms with E-state index in [9.17, 15) is 4.79 Å². The molecule has 0 aromatic heterocycles. The molecule has 2 aliphatic heterocycles. The molecule has 3 nitrogen and oxygen atoms in total. The molecule has 2 aliphatic rings. The lowest BCUT2D eigenvalue weighted by Gasteiger charge is -2.41. The van der Waals surface area contributed by atoms with Gasteiger partial charge in [-0.2, -0.15) is 0 Å². The summed E-state index contributed by atoms with van der Waals surface area (Å²) >= 11 is 0. The van der Waals surface area contributed by atoms with Crippen molar-refractivity contribution in [2.75, 3.05) is 13.1 Å². The predicted octanol–water partition coefficient (Wildman–Crippen LogP) is 2.02. The van der Waals surface area contributed by atoms with Gasteiger partial charge in [0.2, 0.25) is 5.91 Å². The summed E-state index contributed by atoms with van der Waals surface area (Å²) in [7, 11) is 0. The van der Waals surface area contributed by atoms with Crippen LogP contribution in [0.4, 0.5) is 0 Å². The average molecular weight is 238 g/mol. The second-order valence-corrected chi connectivity index (χ2v) is 6.03. The highest BCUT2D eigenvalue weighted by Crippen LogP contribution is 2.25. The first-order valence-corrected chi connectivity index (χ1v) is 7.13. The Kier molecular flexibility index (Phi) is 4.08. The van der Waals surface area contributed by atoms with Crippen molar-refractivity contribution < 1.29 is 4.79 Å². The van der Waals surface area contributed by atoms with E-state index in [1.54, 1.807) is 0 Å². The Bertz CT molecular complexity index is 279. The number of hydrogen-bond donors (Lipinski definition) is 1. The van der Waals surface area contributed by atoms with Crippen molar-refractivity contribution in [3.8, 4) is 0 Å². The zero-order chi connectivity index (χ0) is 12.4. The highest BCUT2D eigenvalue weighted by molar-refractivity contribution is 5.82. The number of carbonyl (C=O) groups is 1. The van der Waals surface area contributed by atoms with Crippen molar-refractivity contribution >= 4 is 5.91 Å². The van der Waals surface area contributed by atoms with Gasteiger partial charge in [0.25, 0.3) is 0 Å². The Labute approximate surface area is 105 Å². The number of nitrogens with one attached hydrogen (secondary N) is 1. The largest absolute Gasteiger partial charge is 0.338 e. The van der Waals surface area contributed by atoms with Crippen LogP contribution in [0, 0.1) is 11.8 Å². The fourth-order valence-corrected chi connectivity index (χ4v) is 3.14. The summed E-state index contributed by atoms with van der Waals surface area (Å²) in [6.07, 6.45) is 4.64. The maximum absolute atomic E-state index is 12.5. The number of likely N-dealkylation sites (tertiary alicyclic amines) is 1. The molecular weight excluding hydrogens is 212 g/mol. The van der Waals surface area contributed by atoms with E-state index in [1.165, 1.54) is 19.3 Å². The molecule has 4 atom stereocenters. The van der Waals surface area contributed by atoms with Crippen LogP contribution in [0.25, 0.3) is 0 Å². The van der Waals surface area contributed by atoms with Crippen molar-refractivity contribution in [1.29, 1.82) is 0 Å². The average Bonchev–Trinajstić information content (AvgIpc) is 2.32. The zero-order valence-corrected chi connectivity index (χ0v) is 11.4. The van der Waals surface area contributed by atoms with Crippen LogP contribution < -0.4 is 5.32 Å². The van der Waals surface area contributed by atoms with Crippen LogP contribution in [0.3, 0.4) is 0 Å². The molecule has 2 saturated heterocycles. The maximum Gasteiger partial charge on any atom is 0.239 e. The topological polar surface area (TPSA) is 32.3 Å². The van der Waals surface area contributed by atoms with E-state index in [1.807, 2.05) is 0 Å². The number of piperidine rings is 2. The van der Waals surface area contributed by atoms with E-state index >= 15 is 0 Å². The number of amides is 1. The van der Waals surface area contributed by atoms with Gasteiger partial charge in [0.15, 0.2) is 0 Å². The molecule has 2 heterocycles. The second kappa shape index (κ2) is 5.38. The molecule has 98 valence electrons. The van der Waals surface area contributed by atoms with Gasteiger partial charge in [-0.05, 0) is 51.0 Å². The van der Waals surface area contributed by atoms with Gasteiger partial charge in [-0.15, -0.1) is 0 Å². The van der Waals surface area contributed by atoms with Crippen molar-refractivity contribution in [2.24, 2.45) is 11.8 Å². The Morgan fingerprint density at radius 3 is 2.71 bits per heavy atom. The zero-order valence-electron chi connectivity index (χ0n) is 11.4. The molecule has 0 bridgehead atoms. The van der Waals surface area contributed by atoms with Crippen molar-refractivity contribution in [3.63, 3.8) is 0 Å². The van der Waals surface area contributed by atoms with Gasteiger partial charge in [0.1, 0.15) is 0 Å². The van der Waals surface area contributed by atoms with Crippen LogP contribution >= 0.6 is 0 Å². The quantitative estimate of drug-likeness (QED) is 0.758. The highest BCUT2D eigenvalue weighted by Gasteiger charge is 2.34. The van der Waals surface area contributed by atoms with E-state index in [-0.39, 0.29) is 6.04 Å². The summed E-state index contributed by atoms with van der Waals surface area (Å²) < 4.78 is 0. The lowest BCUT2D eigenvalue weighted by atomic mass is 9.89. The van der Waals surface area contributed by atoms with Gasteiger partial charge >= 0.3 is 0 Å². The molecular formula is C14H26N2O. The first-order chi connectivity index (χ1) is 8.09. The third kappa shape index (κ3) is 2.82. The molecule has 1 N–H and O–H groups in total. The number of nitrogens with zero attached hydrogens (tertiary/aromatic N) is 1. The van der Waals surface area contributed by atoms with Gasteiger partial charge in [-0.3, -0.25) is 4.79 Å². The Hall–Kier alpha value is -0.570. The Morgan fingerprint density at radius 1 is 1.24 bits per heavy atom. The van der Waals surface area contributed by atoms with Gasteiger partial charge in [0.05, 0.1) is 6.04 Å². The van der Waals surface area contributed by atoms with E-state index in [2.05, 4.69) is 31.0 Å². The molecule has 1 amide bonds. The maximum atomic E-state index is 12.5. The number of hydrogen-bond acceptors (Lipinski definition) is 2. The van der Waals surface area contributed by atoms with Crippen LogP contribution in [-0.2, 0) is 4.79 Å². The fourth-order valence-electron chi connectivity index (χ4n) is 3.14. The monoisotopic (exact) mass is 238 g/mol. The van der Waals surface area contributed by atoms with E-state index in [0.29, 0.717) is 23.8 Å². The molecule has 0 spiro atoms. The molecule has 2 rings (SSSR count). The summed E-state index contributed by atoms with van der Waals surface area (Å²) in [5.41, 5.74) is 0. The van der Waals surface area contributed by atoms with Crippen LogP contribution in [0.5, 0.6) is 0 Å². The minimum atomic E-state index is 0.0755. The predicted molar refractivity (Wildman–Crippen MR) is 69.8 cm³/mol. The normalized spacial score (nSPS) is 39.1. The summed E-state index contributed by atoms with van der Waals surface area (Å²) in [4.78, 5) is 14.6. The number of carbonyl (C=O) groups excluding carboxylic acids is 1. The summed E-state index contributed by atoms with van der Waals surface area (Å²) in [5, 5.41) is 3.39. The molecule has 17 heavy (non-hydrogen) atoms. The van der Waals surface area contributed by atoms with Gasteiger partial charge in [-0.1, -0.05) is 13.8 Å². The molecule has 0 saturated carbocycles. The lowest BCUT2D eigenvalue weighted by molar-refractivity contribution is -0.139. The molecule has 0 aliphatic carbocycles. The second-order valence-electron chi connectivity index (χ2n) is 6.03. The van der Waals surface area contributed by atoms with Crippen molar-refractivity contribution in [2.45, 2.75) is 58.5 Å². The lowest BCUT2D eigenvalue weighted by Crippen LogP contribution is -2.55. The summed E-state index contributed by atoms with van der Waals surface area (Å²) in [6, 6.07) is 0.488. The van der Waals surface area contributed by atoms with E-state index in [0.717, 1.165) is 19.5 Å². The minimum absolute atomic E-state index is 0.0755. The smallest absolute Gasteiger partial charge is 0.239 e. The minimum Gasteiger partial charge on any atom is -0.338 e. The number of rotatable bonds is 1. The summed E-state index contributed by atoms with van der Waals surface area (Å²) in [6.45, 7) is 8.67. The Morgan fingerprint density at radius 2 is 2.00 bits per heavy atom. The van der Waals surface area contributed by atoms with Gasteiger partial charge in [-0.25, -0.2) is 0 Å². The molecule has 3 heteroatoms. The van der Waals surface area contributed by atoms with E-state index in [4.69, 9.17) is 0 Å². The van der Waals surface area contributed by atoms with Crippen molar-refractivity contribution in [1.82, 2.24) is 10.2 Å². The van der Waals surface area contributed by atoms with Gasteiger partial charge < -0.3 is 10.2 Å². The Balaban J connectivity index is 1.98. The third-order valence-corrected chi connectivity index (χ3v) is 4.62. The van der Waals surface area contributed by atoms with Crippen molar-refractivity contribution in [3.05, 3.63) is 0 Å².